The molecule has 1 aromatic heterocycles. The first-order valence-corrected chi connectivity index (χ1v) is 15.6. The molecule has 0 amide bonds. The number of aryl methyl sites for hydroxylation is 1. The van der Waals surface area contributed by atoms with Crippen LogP contribution in [0.5, 0.6) is 5.75 Å². The number of para-hydroxylation sites is 1. The van der Waals surface area contributed by atoms with E-state index in [2.05, 4.69) is 11.1 Å². The predicted molar refractivity (Wildman–Crippen MR) is 146 cm³/mol. The van der Waals surface area contributed by atoms with Crippen LogP contribution in [0.4, 0.5) is 0 Å². The second-order valence-electron chi connectivity index (χ2n) is 9.29. The van der Waals surface area contributed by atoms with Gasteiger partial charge in [0.05, 0.1) is 10.6 Å². The third kappa shape index (κ3) is 5.68. The molecular formula is C28H31N2O5PS. The number of aromatic nitrogens is 1. The molecule has 194 valence electrons. The first-order valence-electron chi connectivity index (χ1n) is 12.4. The molecule has 1 saturated heterocycles. The van der Waals surface area contributed by atoms with Crippen molar-refractivity contribution >= 4 is 28.5 Å². The van der Waals surface area contributed by atoms with Crippen molar-refractivity contribution in [2.45, 2.75) is 36.6 Å². The first kappa shape index (κ1) is 25.7. The highest BCUT2D eigenvalue weighted by atomic mass is 32.2. The number of fused-ring (bicyclic) bond motifs is 1. The van der Waals surface area contributed by atoms with Gasteiger partial charge in [-0.2, -0.15) is 4.67 Å². The molecule has 9 heteroatoms. The Labute approximate surface area is 217 Å². The van der Waals surface area contributed by atoms with Gasteiger partial charge in [-0.15, -0.1) is 0 Å². The van der Waals surface area contributed by atoms with E-state index in [-0.39, 0.29) is 11.8 Å². The fourth-order valence-electron chi connectivity index (χ4n) is 4.96. The second-order valence-corrected chi connectivity index (χ2v) is 13.4. The van der Waals surface area contributed by atoms with Crippen LogP contribution in [0, 0.1) is 0 Å². The summed E-state index contributed by atoms with van der Waals surface area (Å²) in [6, 6.07) is 23.7. The molecule has 5 rings (SSSR count). The summed E-state index contributed by atoms with van der Waals surface area (Å²) < 4.78 is 52.4. The Hall–Kier alpha value is -2.90. The average Bonchev–Trinajstić information content (AvgIpc) is 3.56. The van der Waals surface area contributed by atoms with Gasteiger partial charge in [0.25, 0.3) is 0 Å². The van der Waals surface area contributed by atoms with E-state index in [4.69, 9.17) is 9.05 Å². The number of benzene rings is 3. The Morgan fingerprint density at radius 2 is 1.76 bits per heavy atom. The summed E-state index contributed by atoms with van der Waals surface area (Å²) in [7, 11) is -5.44. The lowest BCUT2D eigenvalue weighted by molar-refractivity contribution is 0.233. The van der Waals surface area contributed by atoms with E-state index in [1.807, 2.05) is 47.3 Å². The van der Waals surface area contributed by atoms with Gasteiger partial charge in [-0.25, -0.2) is 13.0 Å². The summed E-state index contributed by atoms with van der Waals surface area (Å²) in [6.07, 6.45) is 4.88. The van der Waals surface area contributed by atoms with Crippen LogP contribution in [0.1, 0.15) is 24.0 Å². The van der Waals surface area contributed by atoms with Crippen LogP contribution < -0.4 is 4.52 Å². The number of aromatic amines is 1. The molecule has 1 aliphatic rings. The molecule has 2 atom stereocenters. The Balaban J connectivity index is 1.33. The number of sulfone groups is 1. The summed E-state index contributed by atoms with van der Waals surface area (Å²) in [4.78, 5) is 3.67. The fourth-order valence-corrected chi connectivity index (χ4v) is 8.03. The summed E-state index contributed by atoms with van der Waals surface area (Å²) in [5.41, 5.74) is 3.05. The summed E-state index contributed by atoms with van der Waals surface area (Å²) in [6.45, 7) is 0.633. The number of nitrogens with one attached hydrogen (secondary N) is 1. The van der Waals surface area contributed by atoms with E-state index in [0.717, 1.165) is 34.9 Å². The van der Waals surface area contributed by atoms with E-state index in [1.54, 1.807) is 36.4 Å². The summed E-state index contributed by atoms with van der Waals surface area (Å²) in [5, 5.41) is 1.05. The molecule has 7 nitrogen and oxygen atoms in total. The Morgan fingerprint density at radius 1 is 1.03 bits per heavy atom. The van der Waals surface area contributed by atoms with Gasteiger partial charge in [0.1, 0.15) is 5.75 Å². The van der Waals surface area contributed by atoms with E-state index in [1.165, 1.54) is 7.11 Å². The van der Waals surface area contributed by atoms with Crippen LogP contribution in [-0.2, 0) is 31.8 Å². The molecule has 2 unspecified atom stereocenters. The van der Waals surface area contributed by atoms with Gasteiger partial charge in [0, 0.05) is 36.8 Å². The molecule has 3 aromatic carbocycles. The minimum atomic E-state index is -3.52. The van der Waals surface area contributed by atoms with Crippen LogP contribution in [-0.4, -0.2) is 43.5 Å². The van der Waals surface area contributed by atoms with E-state index in [9.17, 15) is 13.0 Å². The van der Waals surface area contributed by atoms with Gasteiger partial charge in [0.15, 0.2) is 9.84 Å². The maximum Gasteiger partial charge on any atom is 0.461 e. The second kappa shape index (κ2) is 10.8. The molecule has 2 heterocycles. The molecular weight excluding hydrogens is 507 g/mol. The average molecular weight is 539 g/mol. The summed E-state index contributed by atoms with van der Waals surface area (Å²) in [5.74, 6) is 0.563. The predicted octanol–water partition coefficient (Wildman–Crippen LogP) is 6.02. The lowest BCUT2D eigenvalue weighted by atomic mass is 10.0. The third-order valence-electron chi connectivity index (χ3n) is 6.90. The maximum absolute atomic E-state index is 13.7. The normalized spacial score (nSPS) is 18.1. The van der Waals surface area contributed by atoms with Crippen LogP contribution >= 0.6 is 7.75 Å². The lowest BCUT2D eigenvalue weighted by Crippen LogP contribution is -2.30. The molecule has 37 heavy (non-hydrogen) atoms. The smallest absolute Gasteiger partial charge is 0.413 e. The van der Waals surface area contributed by atoms with Crippen molar-refractivity contribution in [1.82, 2.24) is 9.65 Å². The maximum atomic E-state index is 13.7. The highest BCUT2D eigenvalue weighted by Crippen LogP contribution is 2.55. The summed E-state index contributed by atoms with van der Waals surface area (Å²) >= 11 is 0. The van der Waals surface area contributed by atoms with Crippen LogP contribution in [0.3, 0.4) is 0 Å². The lowest BCUT2D eigenvalue weighted by Gasteiger charge is -2.30. The quantitative estimate of drug-likeness (QED) is 0.248. The number of nitrogens with zero attached hydrogens (tertiary/aromatic N) is 1. The zero-order valence-corrected chi connectivity index (χ0v) is 22.5. The van der Waals surface area contributed by atoms with Gasteiger partial charge in [0.2, 0.25) is 0 Å². The van der Waals surface area contributed by atoms with E-state index < -0.39 is 17.6 Å². The van der Waals surface area contributed by atoms with Crippen molar-refractivity contribution in [1.29, 1.82) is 0 Å². The number of H-pyrrole nitrogens is 1. The monoisotopic (exact) mass is 538 g/mol. The van der Waals surface area contributed by atoms with Crippen LogP contribution in [0.15, 0.2) is 90.0 Å². The Bertz CT molecular complexity index is 1510. The van der Waals surface area contributed by atoms with Gasteiger partial charge in [-0.1, -0.05) is 42.5 Å². The first-order chi connectivity index (χ1) is 17.9. The van der Waals surface area contributed by atoms with Crippen LogP contribution in [0.25, 0.3) is 10.9 Å². The van der Waals surface area contributed by atoms with Crippen molar-refractivity contribution in [2.75, 3.05) is 19.4 Å². The van der Waals surface area contributed by atoms with E-state index >= 15 is 0 Å². The minimum Gasteiger partial charge on any atom is -0.413 e. The highest BCUT2D eigenvalue weighted by molar-refractivity contribution is 7.91. The Kier molecular flexibility index (Phi) is 7.54. The molecule has 0 aliphatic carbocycles. The molecule has 0 bridgehead atoms. The standard InChI is InChI=1S/C28H31N2O5PS/c1-34-36(31,35-25-10-4-2-5-11-25)30-17-8-9-24(30)20-23-21-29-28-15-14-22(19-27(23)28)16-18-37(32,33)26-12-6-3-7-13-26/h2-7,10-15,19,21,24,29H,8-9,16-18,20H2,1H3. The molecule has 4 aromatic rings. The third-order valence-corrected chi connectivity index (χ3v) is 10.7. The van der Waals surface area contributed by atoms with Crippen molar-refractivity contribution in [2.24, 2.45) is 0 Å². The van der Waals surface area contributed by atoms with Gasteiger partial charge in [-0.3, -0.25) is 4.52 Å². The number of rotatable bonds is 10. The van der Waals surface area contributed by atoms with Gasteiger partial charge < -0.3 is 9.51 Å². The molecule has 0 saturated carbocycles. The van der Waals surface area contributed by atoms with Crippen LogP contribution in [0.2, 0.25) is 0 Å². The molecule has 0 spiro atoms. The fraction of sp³-hybridized carbons (Fsp3) is 0.286. The van der Waals surface area contributed by atoms with Crippen molar-refractivity contribution < 1.29 is 22.0 Å². The van der Waals surface area contributed by atoms with Crippen molar-refractivity contribution in [3.63, 3.8) is 0 Å². The molecule has 1 N–H and O–H groups in total. The topological polar surface area (TPSA) is 88.7 Å². The zero-order chi connectivity index (χ0) is 25.9. The largest absolute Gasteiger partial charge is 0.461 e. The highest BCUT2D eigenvalue weighted by Gasteiger charge is 2.42. The van der Waals surface area contributed by atoms with E-state index in [0.29, 0.717) is 30.0 Å². The number of hydrogen-bond acceptors (Lipinski definition) is 5. The molecule has 1 aliphatic heterocycles. The zero-order valence-electron chi connectivity index (χ0n) is 20.7. The molecule has 0 radical (unpaired) electrons. The van der Waals surface area contributed by atoms with Gasteiger partial charge in [-0.05, 0) is 73.2 Å². The van der Waals surface area contributed by atoms with Gasteiger partial charge >= 0.3 is 7.75 Å². The Morgan fingerprint density at radius 3 is 2.49 bits per heavy atom. The SMILES string of the molecule is COP(=O)(Oc1ccccc1)N1CCCC1Cc1c[nH]c2ccc(CCS(=O)(=O)c3ccccc3)cc12. The molecule has 1 fully saturated rings. The minimum absolute atomic E-state index is 0.00406. The van der Waals surface area contributed by atoms with Crippen molar-refractivity contribution in [3.8, 4) is 5.75 Å². The number of hydrogen-bond donors (Lipinski definition) is 1. The van der Waals surface area contributed by atoms with Crippen molar-refractivity contribution in [3.05, 3.63) is 96.2 Å².